The van der Waals surface area contributed by atoms with Gasteiger partial charge >= 0.3 is 5.97 Å². The zero-order chi connectivity index (χ0) is 12.4. The van der Waals surface area contributed by atoms with Gasteiger partial charge in [-0.1, -0.05) is 6.07 Å². The van der Waals surface area contributed by atoms with Crippen molar-refractivity contribution < 1.29 is 9.90 Å². The van der Waals surface area contributed by atoms with E-state index in [0.717, 1.165) is 17.9 Å². The Hall–Kier alpha value is -1.88. The average molecular weight is 233 g/mol. The lowest BCUT2D eigenvalue weighted by molar-refractivity contribution is 0.0693. The Kier molecular flexibility index (Phi) is 3.10. The second kappa shape index (κ2) is 4.55. The average Bonchev–Trinajstić information content (AvgIpc) is 2.67. The third kappa shape index (κ3) is 2.01. The van der Waals surface area contributed by atoms with E-state index >= 15 is 0 Å². The van der Waals surface area contributed by atoms with Crippen LogP contribution in [0.5, 0.6) is 0 Å². The fraction of sp³-hybridized carbons (Fsp3) is 0.333. The third-order valence-corrected chi connectivity index (χ3v) is 2.73. The van der Waals surface area contributed by atoms with Gasteiger partial charge in [-0.05, 0) is 32.0 Å². The molecule has 0 aliphatic heterocycles. The molecular weight excluding hydrogens is 218 g/mol. The number of carboxylic acids is 1. The largest absolute Gasteiger partial charge is 0.476 e. The van der Waals surface area contributed by atoms with Crippen LogP contribution in [0, 0.1) is 6.92 Å². The van der Waals surface area contributed by atoms with E-state index in [-0.39, 0.29) is 5.69 Å². The topological polar surface area (TPSA) is 80.6 Å². The van der Waals surface area contributed by atoms with Gasteiger partial charge in [0, 0.05) is 12.1 Å². The highest BCUT2D eigenvalue weighted by Crippen LogP contribution is 2.16. The quantitative estimate of drug-likeness (QED) is 0.832. The summed E-state index contributed by atoms with van der Waals surface area (Å²) in [6, 6.07) is 5.55. The molecule has 0 aliphatic rings. The number of carbonyl (C=O) groups is 1. The van der Waals surface area contributed by atoms with Crippen LogP contribution in [-0.2, 0) is 6.42 Å². The first-order valence-electron chi connectivity index (χ1n) is 5.55. The van der Waals surface area contributed by atoms with Crippen LogP contribution in [-0.4, -0.2) is 27.0 Å². The number of carboxylic acid groups (broad SMARTS) is 1. The Balaban J connectivity index is 2.63. The highest BCUT2D eigenvalue weighted by Gasteiger charge is 2.16. The van der Waals surface area contributed by atoms with Crippen LogP contribution >= 0.6 is 0 Å². The second-order valence-electron chi connectivity index (χ2n) is 3.96. The molecule has 0 bridgehead atoms. The van der Waals surface area contributed by atoms with Crippen LogP contribution in [0.15, 0.2) is 18.2 Å². The Morgan fingerprint density at radius 2 is 2.29 bits per heavy atom. The maximum Gasteiger partial charge on any atom is 0.356 e. The van der Waals surface area contributed by atoms with E-state index in [0.29, 0.717) is 18.5 Å². The van der Waals surface area contributed by atoms with E-state index in [2.05, 4.69) is 4.98 Å². The number of pyridine rings is 1. The van der Waals surface area contributed by atoms with Gasteiger partial charge in [0.15, 0.2) is 5.69 Å². The number of aryl methyl sites for hydroxylation is 2. The maximum atomic E-state index is 11.1. The van der Waals surface area contributed by atoms with Gasteiger partial charge in [0.25, 0.3) is 0 Å². The van der Waals surface area contributed by atoms with Crippen molar-refractivity contribution in [2.24, 2.45) is 5.73 Å². The zero-order valence-corrected chi connectivity index (χ0v) is 9.68. The molecule has 0 fully saturated rings. The fourth-order valence-electron chi connectivity index (χ4n) is 1.97. The van der Waals surface area contributed by atoms with Gasteiger partial charge in [0.1, 0.15) is 5.82 Å². The van der Waals surface area contributed by atoms with Crippen molar-refractivity contribution in [3.8, 4) is 0 Å². The van der Waals surface area contributed by atoms with Gasteiger partial charge in [-0.2, -0.15) is 0 Å². The molecule has 0 atom stereocenters. The van der Waals surface area contributed by atoms with Crippen LogP contribution in [0.3, 0.4) is 0 Å². The van der Waals surface area contributed by atoms with Gasteiger partial charge < -0.3 is 15.2 Å². The number of fused-ring (bicyclic) bond motifs is 1. The highest BCUT2D eigenvalue weighted by atomic mass is 16.4. The van der Waals surface area contributed by atoms with E-state index in [1.807, 2.05) is 23.5 Å². The SMILES string of the molecule is Cc1cccc2c(C(=O)O)nc(CCCN)n12. The molecule has 0 saturated carbocycles. The molecule has 0 amide bonds. The molecule has 17 heavy (non-hydrogen) atoms. The summed E-state index contributed by atoms with van der Waals surface area (Å²) in [5.41, 5.74) is 7.21. The van der Waals surface area contributed by atoms with E-state index in [4.69, 9.17) is 10.8 Å². The lowest BCUT2D eigenvalue weighted by Gasteiger charge is -2.03. The van der Waals surface area contributed by atoms with Crippen LogP contribution < -0.4 is 5.73 Å². The Labute approximate surface area is 98.9 Å². The lowest BCUT2D eigenvalue weighted by atomic mass is 10.2. The smallest absolute Gasteiger partial charge is 0.356 e. The Morgan fingerprint density at radius 3 is 2.94 bits per heavy atom. The second-order valence-corrected chi connectivity index (χ2v) is 3.96. The summed E-state index contributed by atoms with van der Waals surface area (Å²) in [5, 5.41) is 9.11. The molecule has 0 aliphatic carbocycles. The van der Waals surface area contributed by atoms with Gasteiger partial charge in [-0.15, -0.1) is 0 Å². The summed E-state index contributed by atoms with van der Waals surface area (Å²) in [5.74, 6) is -0.229. The van der Waals surface area contributed by atoms with Gasteiger partial charge in [-0.25, -0.2) is 9.78 Å². The van der Waals surface area contributed by atoms with E-state index in [9.17, 15) is 4.79 Å². The maximum absolute atomic E-state index is 11.1. The van der Waals surface area contributed by atoms with Gasteiger partial charge in [-0.3, -0.25) is 0 Å². The molecule has 0 aromatic carbocycles. The van der Waals surface area contributed by atoms with Crippen molar-refractivity contribution in [3.05, 3.63) is 35.4 Å². The molecule has 2 heterocycles. The van der Waals surface area contributed by atoms with E-state index < -0.39 is 5.97 Å². The first-order valence-corrected chi connectivity index (χ1v) is 5.55. The predicted molar refractivity (Wildman–Crippen MR) is 64.3 cm³/mol. The molecule has 3 N–H and O–H groups in total. The van der Waals surface area contributed by atoms with E-state index in [1.165, 1.54) is 0 Å². The number of aromatic nitrogens is 2. The molecular formula is C12H15N3O2. The fourth-order valence-corrected chi connectivity index (χ4v) is 1.97. The first-order chi connectivity index (χ1) is 8.15. The van der Waals surface area contributed by atoms with Crippen molar-refractivity contribution in [2.75, 3.05) is 6.54 Å². The van der Waals surface area contributed by atoms with Crippen molar-refractivity contribution in [2.45, 2.75) is 19.8 Å². The number of rotatable bonds is 4. The summed E-state index contributed by atoms with van der Waals surface area (Å²) in [7, 11) is 0. The number of hydrogen-bond acceptors (Lipinski definition) is 3. The number of hydrogen-bond donors (Lipinski definition) is 2. The molecule has 2 rings (SSSR count). The molecule has 90 valence electrons. The van der Waals surface area contributed by atoms with Crippen LogP contribution in [0.25, 0.3) is 5.52 Å². The summed E-state index contributed by atoms with van der Waals surface area (Å²) in [6.45, 7) is 2.51. The summed E-state index contributed by atoms with van der Waals surface area (Å²) in [4.78, 5) is 15.3. The van der Waals surface area contributed by atoms with Crippen LogP contribution in [0.2, 0.25) is 0 Å². The molecule has 0 unspecified atom stereocenters. The molecule has 0 radical (unpaired) electrons. The number of aromatic carboxylic acids is 1. The molecule has 5 nitrogen and oxygen atoms in total. The number of nitrogens with two attached hydrogens (primary N) is 1. The molecule has 0 saturated heterocycles. The standard InChI is InChI=1S/C12H15N3O2/c1-8-4-2-5-9-11(12(16)17)14-10(15(8)9)6-3-7-13/h2,4-5H,3,6-7,13H2,1H3,(H,16,17). The molecule has 0 spiro atoms. The summed E-state index contributed by atoms with van der Waals surface area (Å²) < 4.78 is 1.89. The van der Waals surface area contributed by atoms with Gasteiger partial charge in [0.2, 0.25) is 0 Å². The molecule has 2 aromatic rings. The predicted octanol–water partition coefficient (Wildman–Crippen LogP) is 1.23. The van der Waals surface area contributed by atoms with Crippen molar-refractivity contribution in [3.63, 3.8) is 0 Å². The van der Waals surface area contributed by atoms with Crippen molar-refractivity contribution in [1.82, 2.24) is 9.38 Å². The van der Waals surface area contributed by atoms with Crippen LogP contribution in [0.4, 0.5) is 0 Å². The molecule has 2 aromatic heterocycles. The zero-order valence-electron chi connectivity index (χ0n) is 9.68. The van der Waals surface area contributed by atoms with Crippen molar-refractivity contribution >= 4 is 11.5 Å². The number of nitrogens with zero attached hydrogens (tertiary/aromatic N) is 2. The Morgan fingerprint density at radius 1 is 1.53 bits per heavy atom. The first kappa shape index (κ1) is 11.6. The van der Waals surface area contributed by atoms with Crippen molar-refractivity contribution in [1.29, 1.82) is 0 Å². The third-order valence-electron chi connectivity index (χ3n) is 2.73. The van der Waals surface area contributed by atoms with Gasteiger partial charge in [0.05, 0.1) is 5.52 Å². The minimum atomic E-state index is -0.993. The lowest BCUT2D eigenvalue weighted by Crippen LogP contribution is -2.04. The summed E-state index contributed by atoms with van der Waals surface area (Å²) >= 11 is 0. The van der Waals surface area contributed by atoms with E-state index in [1.54, 1.807) is 6.07 Å². The summed E-state index contributed by atoms with van der Waals surface area (Å²) in [6.07, 6.45) is 1.49. The normalized spacial score (nSPS) is 10.9. The minimum absolute atomic E-state index is 0.112. The number of imidazole rings is 1. The monoisotopic (exact) mass is 233 g/mol. The highest BCUT2D eigenvalue weighted by molar-refractivity contribution is 5.93. The minimum Gasteiger partial charge on any atom is -0.476 e. The molecule has 5 heteroatoms. The Bertz CT molecular complexity index is 560. The van der Waals surface area contributed by atoms with Crippen LogP contribution in [0.1, 0.15) is 28.4 Å².